The Kier molecular flexibility index (Phi) is 6.52. The zero-order chi connectivity index (χ0) is 20.9. The van der Waals surface area contributed by atoms with Crippen molar-refractivity contribution in [2.24, 2.45) is 0 Å². The van der Waals surface area contributed by atoms with Crippen LogP contribution in [0.2, 0.25) is 5.02 Å². The molecule has 3 aromatic carbocycles. The summed E-state index contributed by atoms with van der Waals surface area (Å²) < 4.78 is 45.8. The van der Waals surface area contributed by atoms with Gasteiger partial charge in [-0.1, -0.05) is 48.0 Å². The first-order chi connectivity index (χ1) is 13.7. The van der Waals surface area contributed by atoms with Crippen molar-refractivity contribution < 1.29 is 37.0 Å². The van der Waals surface area contributed by atoms with Crippen LogP contribution >= 0.6 is 27.2 Å². The lowest BCUT2D eigenvalue weighted by Gasteiger charge is -2.21. The molecule has 0 heterocycles. The van der Waals surface area contributed by atoms with Gasteiger partial charge < -0.3 is 18.7 Å². The molecule has 0 spiro atoms. The number of hydrogen-bond acceptors (Lipinski definition) is 7. The molecule has 0 saturated heterocycles. The summed E-state index contributed by atoms with van der Waals surface area (Å²) in [6.07, 6.45) is 0. The van der Waals surface area contributed by atoms with E-state index in [0.717, 1.165) is 12.1 Å². The molecule has 0 bridgehead atoms. The van der Waals surface area contributed by atoms with Crippen molar-refractivity contribution in [2.45, 2.75) is 0 Å². The van der Waals surface area contributed by atoms with Gasteiger partial charge in [0.15, 0.2) is 0 Å². The van der Waals surface area contributed by atoms with Gasteiger partial charge in [0.25, 0.3) is 0 Å². The van der Waals surface area contributed by atoms with Gasteiger partial charge >= 0.3 is 15.6 Å². The van der Waals surface area contributed by atoms with Crippen LogP contribution < -0.4 is 13.6 Å². The number of phosphoric acid groups is 2. The molecule has 0 saturated carbocycles. The number of phenols is 1. The molecule has 0 aliphatic rings. The molecule has 1 unspecified atom stereocenters. The van der Waals surface area contributed by atoms with E-state index in [-0.39, 0.29) is 28.0 Å². The van der Waals surface area contributed by atoms with Gasteiger partial charge in [0.2, 0.25) is 0 Å². The number of halogens is 1. The van der Waals surface area contributed by atoms with Crippen molar-refractivity contribution in [3.05, 3.63) is 83.9 Å². The van der Waals surface area contributed by atoms with E-state index in [1.807, 2.05) is 0 Å². The molecule has 0 amide bonds. The maximum Gasteiger partial charge on any atom is 0.597 e. The molecule has 2 N–H and O–H groups in total. The van der Waals surface area contributed by atoms with Crippen LogP contribution in [0, 0.1) is 0 Å². The normalized spacial score (nSPS) is 13.3. The highest BCUT2D eigenvalue weighted by atomic mass is 35.5. The predicted molar refractivity (Wildman–Crippen MR) is 106 cm³/mol. The molecule has 0 fully saturated rings. The number of rotatable bonds is 8. The molecule has 152 valence electrons. The van der Waals surface area contributed by atoms with Gasteiger partial charge in [-0.05, 0) is 36.4 Å². The fraction of sp³-hybridized carbons (Fsp3) is 0. The van der Waals surface area contributed by atoms with Crippen molar-refractivity contribution in [1.82, 2.24) is 0 Å². The summed E-state index contributed by atoms with van der Waals surface area (Å²) in [5.74, 6) is -0.299. The van der Waals surface area contributed by atoms with Gasteiger partial charge in [-0.15, -0.1) is 0 Å². The molecule has 0 aliphatic heterocycles. The largest absolute Gasteiger partial charge is 0.597 e. The molecule has 1 atom stereocenters. The molecular formula is C18H15ClO8P2. The summed E-state index contributed by atoms with van der Waals surface area (Å²) in [5, 5.41) is 9.20. The average molecular weight is 457 g/mol. The van der Waals surface area contributed by atoms with Crippen molar-refractivity contribution in [3.63, 3.8) is 0 Å². The van der Waals surface area contributed by atoms with Crippen LogP contribution in [0.5, 0.6) is 23.0 Å². The Hall–Kier alpha value is -2.47. The van der Waals surface area contributed by atoms with E-state index < -0.39 is 15.6 Å². The first-order valence-corrected chi connectivity index (χ1v) is 11.4. The van der Waals surface area contributed by atoms with Gasteiger partial charge in [0, 0.05) is 6.07 Å². The smallest absolute Gasteiger partial charge is 0.508 e. The second kappa shape index (κ2) is 8.91. The molecule has 3 aromatic rings. The number of phosphoric ester groups is 2. The number of phenolic OH excluding ortho intramolecular Hbond substituents is 1. The fourth-order valence-corrected chi connectivity index (χ4v) is 4.99. The monoisotopic (exact) mass is 456 g/mol. The number of para-hydroxylation sites is 2. The van der Waals surface area contributed by atoms with Crippen molar-refractivity contribution in [3.8, 4) is 23.0 Å². The van der Waals surface area contributed by atoms with Crippen LogP contribution in [0.25, 0.3) is 0 Å². The second-order valence-corrected chi connectivity index (χ2v) is 8.95. The summed E-state index contributed by atoms with van der Waals surface area (Å²) >= 11 is 5.86. The van der Waals surface area contributed by atoms with E-state index in [0.29, 0.717) is 0 Å². The third kappa shape index (κ3) is 6.26. The Bertz CT molecular complexity index is 1020. The third-order valence-electron chi connectivity index (χ3n) is 3.25. The molecule has 0 aliphatic carbocycles. The van der Waals surface area contributed by atoms with Crippen molar-refractivity contribution in [1.29, 1.82) is 0 Å². The van der Waals surface area contributed by atoms with Crippen LogP contribution in [0.3, 0.4) is 0 Å². The van der Waals surface area contributed by atoms with Crippen molar-refractivity contribution >= 4 is 27.2 Å². The summed E-state index contributed by atoms with van der Waals surface area (Å²) in [6.45, 7) is 0. The van der Waals surface area contributed by atoms with Crippen LogP contribution in [-0.2, 0) is 13.4 Å². The van der Waals surface area contributed by atoms with E-state index in [1.165, 1.54) is 30.3 Å². The Morgan fingerprint density at radius 3 is 1.76 bits per heavy atom. The number of hydrogen-bond donors (Lipinski definition) is 2. The zero-order valence-corrected chi connectivity index (χ0v) is 17.2. The fourth-order valence-electron chi connectivity index (χ4n) is 2.10. The van der Waals surface area contributed by atoms with Gasteiger partial charge in [0.05, 0.1) is 5.02 Å². The van der Waals surface area contributed by atoms with Gasteiger partial charge in [-0.3, -0.25) is 4.89 Å². The highest BCUT2D eigenvalue weighted by Gasteiger charge is 2.42. The predicted octanol–water partition coefficient (Wildman–Crippen LogP) is 5.81. The Morgan fingerprint density at radius 1 is 0.759 bits per heavy atom. The molecule has 29 heavy (non-hydrogen) atoms. The van der Waals surface area contributed by atoms with E-state index in [2.05, 4.69) is 0 Å². The summed E-state index contributed by atoms with van der Waals surface area (Å²) in [6, 6.07) is 19.1. The third-order valence-corrected chi connectivity index (χ3v) is 6.47. The molecular weight excluding hydrogens is 442 g/mol. The van der Waals surface area contributed by atoms with Crippen LogP contribution in [0.1, 0.15) is 0 Å². The topological polar surface area (TPSA) is 112 Å². The first-order valence-electron chi connectivity index (χ1n) is 8.06. The second-order valence-electron chi connectivity index (χ2n) is 5.51. The number of benzene rings is 3. The zero-order valence-electron chi connectivity index (χ0n) is 14.6. The van der Waals surface area contributed by atoms with E-state index in [4.69, 9.17) is 29.5 Å². The Balaban J connectivity index is 1.86. The number of aromatic hydroxyl groups is 1. The first kappa shape index (κ1) is 21.2. The highest BCUT2D eigenvalue weighted by Crippen LogP contribution is 2.62. The van der Waals surface area contributed by atoms with Crippen LogP contribution in [0.15, 0.2) is 78.9 Å². The highest BCUT2D eigenvalue weighted by molar-refractivity contribution is 7.62. The minimum absolute atomic E-state index is 0.0782. The quantitative estimate of drug-likeness (QED) is 0.409. The summed E-state index contributed by atoms with van der Waals surface area (Å²) in [7, 11) is -9.71. The maximum absolute atomic E-state index is 13.1. The molecule has 0 radical (unpaired) electrons. The van der Waals surface area contributed by atoms with Crippen molar-refractivity contribution in [2.75, 3.05) is 0 Å². The lowest BCUT2D eigenvalue weighted by Crippen LogP contribution is -2.06. The SMILES string of the molecule is O=P(O)(Oc1ccc(O)cc1Cl)OP(=O)(Oc1ccccc1)Oc1ccccc1. The molecule has 8 nitrogen and oxygen atoms in total. The maximum atomic E-state index is 13.1. The van der Waals surface area contributed by atoms with E-state index in [9.17, 15) is 19.1 Å². The van der Waals surface area contributed by atoms with Gasteiger partial charge in [0.1, 0.15) is 23.0 Å². The molecule has 0 aromatic heterocycles. The van der Waals surface area contributed by atoms with Gasteiger partial charge in [-0.2, -0.15) is 4.31 Å². The summed E-state index contributed by atoms with van der Waals surface area (Å²) in [4.78, 5) is 10.1. The Morgan fingerprint density at radius 2 is 1.28 bits per heavy atom. The molecule has 3 rings (SSSR count). The standard InChI is InChI=1S/C18H15ClO8P2/c19-17-13-14(20)11-12-18(17)26-28(21,22)27-29(23,24-15-7-3-1-4-8-15)25-16-9-5-2-6-10-16/h1-13,20H,(H,21,22). The van der Waals surface area contributed by atoms with Crippen LogP contribution in [-0.4, -0.2) is 10.00 Å². The lowest BCUT2D eigenvalue weighted by molar-refractivity contribution is 0.238. The van der Waals surface area contributed by atoms with Crippen LogP contribution in [0.4, 0.5) is 0 Å². The minimum atomic E-state index is -5.03. The lowest BCUT2D eigenvalue weighted by atomic mass is 10.3. The van der Waals surface area contributed by atoms with Gasteiger partial charge in [-0.25, -0.2) is 9.13 Å². The average Bonchev–Trinajstić information content (AvgIpc) is 2.65. The summed E-state index contributed by atoms with van der Waals surface area (Å²) in [5.41, 5.74) is 0. The minimum Gasteiger partial charge on any atom is -0.508 e. The Labute approximate surface area is 171 Å². The van der Waals surface area contributed by atoms with E-state index in [1.54, 1.807) is 36.4 Å². The molecule has 11 heteroatoms. The van der Waals surface area contributed by atoms with E-state index >= 15 is 0 Å².